The first-order chi connectivity index (χ1) is 11.9. The zero-order valence-corrected chi connectivity index (χ0v) is 16.7. The van der Waals surface area contributed by atoms with Crippen LogP contribution in [-0.2, 0) is 6.42 Å². The molecule has 2 heterocycles. The van der Waals surface area contributed by atoms with Gasteiger partial charge >= 0.3 is 0 Å². The number of fused-ring (bicyclic) bond motifs is 1. The summed E-state index contributed by atoms with van der Waals surface area (Å²) >= 11 is 6.23. The zero-order valence-electron chi connectivity index (χ0n) is 15.9. The Bertz CT molecular complexity index is 898. The van der Waals surface area contributed by atoms with Gasteiger partial charge in [0.2, 0.25) is 0 Å². The molecule has 0 fully saturated rings. The fraction of sp³-hybridized carbons (Fsp3) is 0.409. The number of rotatable bonds is 5. The van der Waals surface area contributed by atoms with Crippen LogP contribution in [0.2, 0.25) is 5.02 Å². The topological polar surface area (TPSA) is 17.3 Å². The third-order valence-electron chi connectivity index (χ3n) is 4.91. The molecule has 0 N–H and O–H groups in total. The minimum Gasteiger partial charge on any atom is -0.302 e. The lowest BCUT2D eigenvalue weighted by atomic mass is 9.97. The van der Waals surface area contributed by atoms with Crippen molar-refractivity contribution >= 4 is 17.2 Å². The summed E-state index contributed by atoms with van der Waals surface area (Å²) in [5.41, 5.74) is 9.64. The van der Waals surface area contributed by atoms with Crippen LogP contribution in [0.1, 0.15) is 54.4 Å². The van der Waals surface area contributed by atoms with Crippen molar-refractivity contribution in [2.24, 2.45) is 0 Å². The van der Waals surface area contributed by atoms with Gasteiger partial charge in [-0.25, -0.2) is 4.98 Å². The summed E-state index contributed by atoms with van der Waals surface area (Å²) in [4.78, 5) is 4.90. The van der Waals surface area contributed by atoms with Crippen LogP contribution in [0, 0.1) is 27.7 Å². The predicted octanol–water partition coefficient (Wildman–Crippen LogP) is 6.62. The van der Waals surface area contributed by atoms with E-state index in [1.54, 1.807) is 0 Å². The Balaban J connectivity index is 2.22. The molecule has 0 saturated carbocycles. The van der Waals surface area contributed by atoms with Crippen molar-refractivity contribution in [1.29, 1.82) is 0 Å². The van der Waals surface area contributed by atoms with E-state index in [-0.39, 0.29) is 0 Å². The first-order valence-corrected chi connectivity index (χ1v) is 9.56. The van der Waals surface area contributed by atoms with Gasteiger partial charge < -0.3 is 4.40 Å². The summed E-state index contributed by atoms with van der Waals surface area (Å²) in [6.07, 6.45) is 4.83. The highest BCUT2D eigenvalue weighted by Crippen LogP contribution is 2.35. The Morgan fingerprint density at radius 3 is 2.28 bits per heavy atom. The Kier molecular flexibility index (Phi) is 5.19. The van der Waals surface area contributed by atoms with Crippen LogP contribution in [0.4, 0.5) is 0 Å². The fourth-order valence-corrected chi connectivity index (χ4v) is 4.19. The van der Waals surface area contributed by atoms with Gasteiger partial charge in [0, 0.05) is 27.7 Å². The molecular formula is C22H27ClN2. The van der Waals surface area contributed by atoms with E-state index in [0.717, 1.165) is 22.8 Å². The number of halogens is 1. The summed E-state index contributed by atoms with van der Waals surface area (Å²) < 4.78 is 2.34. The molecule has 0 atom stereocenters. The van der Waals surface area contributed by atoms with Crippen molar-refractivity contribution in [2.75, 3.05) is 0 Å². The van der Waals surface area contributed by atoms with E-state index >= 15 is 0 Å². The van der Waals surface area contributed by atoms with Crippen LogP contribution < -0.4 is 0 Å². The molecule has 25 heavy (non-hydrogen) atoms. The van der Waals surface area contributed by atoms with E-state index in [0.29, 0.717) is 0 Å². The molecule has 0 unspecified atom stereocenters. The Labute approximate surface area is 155 Å². The quantitative estimate of drug-likeness (QED) is 0.470. The van der Waals surface area contributed by atoms with Gasteiger partial charge in [0.25, 0.3) is 0 Å². The van der Waals surface area contributed by atoms with Gasteiger partial charge in [-0.2, -0.15) is 0 Å². The lowest BCUT2D eigenvalue weighted by Gasteiger charge is -2.12. The Hall–Kier alpha value is -1.80. The van der Waals surface area contributed by atoms with Gasteiger partial charge in [0.05, 0.1) is 0 Å². The first kappa shape index (κ1) is 18.0. The van der Waals surface area contributed by atoms with E-state index in [9.17, 15) is 0 Å². The second kappa shape index (κ2) is 7.21. The van der Waals surface area contributed by atoms with Crippen LogP contribution in [0.15, 0.2) is 24.3 Å². The average Bonchev–Trinajstić information content (AvgIpc) is 2.83. The standard InChI is InChI=1S/C22H27ClN2/c1-6-7-8-9-19-12-16(4)24-22-20(13-17(5)25(19)22)21-14(2)10-18(23)11-15(21)3/h10-13H,6-9H2,1-5H3. The molecule has 0 spiro atoms. The highest BCUT2D eigenvalue weighted by molar-refractivity contribution is 6.30. The number of aromatic nitrogens is 2. The third-order valence-corrected chi connectivity index (χ3v) is 5.13. The van der Waals surface area contributed by atoms with Crippen LogP contribution in [0.25, 0.3) is 16.8 Å². The highest BCUT2D eigenvalue weighted by Gasteiger charge is 2.17. The number of unbranched alkanes of at least 4 members (excludes halogenated alkanes) is 2. The summed E-state index contributed by atoms with van der Waals surface area (Å²) in [7, 11) is 0. The third kappa shape index (κ3) is 3.46. The number of nitrogens with zero attached hydrogens (tertiary/aromatic N) is 2. The monoisotopic (exact) mass is 354 g/mol. The maximum absolute atomic E-state index is 6.23. The molecule has 0 saturated heterocycles. The van der Waals surface area contributed by atoms with Gasteiger partial charge in [0.15, 0.2) is 0 Å². The minimum atomic E-state index is 0.795. The van der Waals surface area contributed by atoms with Crippen molar-refractivity contribution in [3.8, 4) is 11.1 Å². The van der Waals surface area contributed by atoms with Gasteiger partial charge in [-0.1, -0.05) is 31.4 Å². The molecule has 2 aromatic heterocycles. The van der Waals surface area contributed by atoms with E-state index in [1.165, 1.54) is 52.9 Å². The molecule has 132 valence electrons. The molecule has 2 nitrogen and oxygen atoms in total. The maximum Gasteiger partial charge on any atom is 0.145 e. The van der Waals surface area contributed by atoms with Gasteiger partial charge in [-0.15, -0.1) is 0 Å². The minimum absolute atomic E-state index is 0.795. The largest absolute Gasteiger partial charge is 0.302 e. The summed E-state index contributed by atoms with van der Waals surface area (Å²) in [6.45, 7) is 10.8. The highest BCUT2D eigenvalue weighted by atomic mass is 35.5. The summed E-state index contributed by atoms with van der Waals surface area (Å²) in [5, 5.41) is 0.795. The van der Waals surface area contributed by atoms with Crippen molar-refractivity contribution in [3.05, 3.63) is 57.5 Å². The number of benzene rings is 1. The zero-order chi connectivity index (χ0) is 18.1. The molecule has 0 aliphatic rings. The van der Waals surface area contributed by atoms with E-state index in [4.69, 9.17) is 16.6 Å². The van der Waals surface area contributed by atoms with Crippen LogP contribution in [0.5, 0.6) is 0 Å². The number of aryl methyl sites for hydroxylation is 5. The molecule has 0 aliphatic heterocycles. The van der Waals surface area contributed by atoms with Crippen molar-refractivity contribution in [1.82, 2.24) is 9.38 Å². The van der Waals surface area contributed by atoms with Gasteiger partial charge in [-0.05, 0) is 81.5 Å². The average molecular weight is 355 g/mol. The molecule has 3 rings (SSSR count). The van der Waals surface area contributed by atoms with Gasteiger partial charge in [0.1, 0.15) is 5.65 Å². The summed E-state index contributed by atoms with van der Waals surface area (Å²) in [5.74, 6) is 0. The smallest absolute Gasteiger partial charge is 0.145 e. The lowest BCUT2D eigenvalue weighted by molar-refractivity contribution is 0.698. The molecule has 1 aromatic carbocycles. The van der Waals surface area contributed by atoms with E-state index in [1.807, 2.05) is 12.1 Å². The number of hydrogen-bond donors (Lipinski definition) is 0. The van der Waals surface area contributed by atoms with Crippen LogP contribution in [-0.4, -0.2) is 9.38 Å². The lowest BCUT2D eigenvalue weighted by Crippen LogP contribution is -2.02. The first-order valence-electron chi connectivity index (χ1n) is 9.18. The maximum atomic E-state index is 6.23. The fourth-order valence-electron chi connectivity index (χ4n) is 3.86. The van der Waals surface area contributed by atoms with E-state index in [2.05, 4.69) is 51.2 Å². The number of hydrogen-bond acceptors (Lipinski definition) is 1. The molecule has 0 radical (unpaired) electrons. The molecule has 0 bridgehead atoms. The molecule has 0 amide bonds. The van der Waals surface area contributed by atoms with Crippen molar-refractivity contribution in [2.45, 2.75) is 60.3 Å². The normalized spacial score (nSPS) is 11.4. The SMILES string of the molecule is CCCCCc1cc(C)nc2c(-c3c(C)cc(Cl)cc3C)cc(C)n12. The molecule has 0 aliphatic carbocycles. The second-order valence-electron chi connectivity index (χ2n) is 7.12. The summed E-state index contributed by atoms with van der Waals surface area (Å²) in [6, 6.07) is 8.59. The second-order valence-corrected chi connectivity index (χ2v) is 7.56. The van der Waals surface area contributed by atoms with Crippen molar-refractivity contribution in [3.63, 3.8) is 0 Å². The predicted molar refractivity (Wildman–Crippen MR) is 108 cm³/mol. The molecule has 3 aromatic rings. The van der Waals surface area contributed by atoms with Crippen molar-refractivity contribution < 1.29 is 0 Å². The Morgan fingerprint density at radius 2 is 1.64 bits per heavy atom. The Morgan fingerprint density at radius 1 is 0.960 bits per heavy atom. The van der Waals surface area contributed by atoms with Crippen LogP contribution in [0.3, 0.4) is 0 Å². The van der Waals surface area contributed by atoms with Crippen LogP contribution >= 0.6 is 11.6 Å². The molecule has 3 heteroatoms. The van der Waals surface area contributed by atoms with Gasteiger partial charge in [-0.3, -0.25) is 0 Å². The van der Waals surface area contributed by atoms with E-state index < -0.39 is 0 Å². The molecular weight excluding hydrogens is 328 g/mol.